The number of benzene rings is 1. The summed E-state index contributed by atoms with van der Waals surface area (Å²) in [6, 6.07) is 6.24. The fourth-order valence-electron chi connectivity index (χ4n) is 1.49. The van der Waals surface area contributed by atoms with Crippen molar-refractivity contribution in [1.82, 2.24) is 4.98 Å². The third-order valence-electron chi connectivity index (χ3n) is 2.45. The van der Waals surface area contributed by atoms with Crippen molar-refractivity contribution < 1.29 is 12.8 Å². The Morgan fingerprint density at radius 2 is 1.90 bits per heavy atom. The molecular weight excluding hydrogens is 301 g/mol. The molecule has 0 radical (unpaired) electrons. The van der Waals surface area contributed by atoms with Crippen molar-refractivity contribution in [3.63, 3.8) is 0 Å². The molecule has 20 heavy (non-hydrogen) atoms. The number of aromatic nitrogens is 1. The first-order chi connectivity index (χ1) is 9.40. The first kappa shape index (κ1) is 14.4. The fraction of sp³-hybridized carbons (Fsp3) is 0. The molecule has 1 heterocycles. The molecule has 5 nitrogen and oxygen atoms in total. The number of nitrogens with zero attached hydrogens (tertiary/aromatic N) is 1. The van der Waals surface area contributed by atoms with Crippen LogP contribution in [0.15, 0.2) is 47.6 Å². The molecule has 0 spiro atoms. The molecule has 2 rings (SSSR count). The third kappa shape index (κ3) is 3.09. The van der Waals surface area contributed by atoms with Crippen LogP contribution in [-0.4, -0.2) is 18.4 Å². The maximum atomic E-state index is 13.4. The van der Waals surface area contributed by atoms with Crippen molar-refractivity contribution >= 4 is 32.9 Å². The molecule has 1 aromatic carbocycles. The highest BCUT2D eigenvalue weighted by molar-refractivity contribution is 7.92. The standard InChI is InChI=1S/C12H10FN3O2S2/c13-11-2-1-9(7-10(11)12(14)19)20(17,18)16-8-3-5-15-6-4-8/h1-7H,(H2,14,19)(H,15,16). The minimum absolute atomic E-state index is 0.113. The molecule has 0 amide bonds. The Morgan fingerprint density at radius 1 is 1.25 bits per heavy atom. The number of hydrogen-bond donors (Lipinski definition) is 2. The molecule has 0 unspecified atom stereocenters. The minimum atomic E-state index is -3.85. The molecular formula is C12H10FN3O2S2. The number of halogens is 1. The van der Waals surface area contributed by atoms with Crippen molar-refractivity contribution in [3.05, 3.63) is 54.1 Å². The van der Waals surface area contributed by atoms with Gasteiger partial charge in [0.15, 0.2) is 0 Å². The zero-order valence-electron chi connectivity index (χ0n) is 10.1. The molecule has 8 heteroatoms. The van der Waals surface area contributed by atoms with E-state index in [0.717, 1.165) is 18.2 Å². The Labute approximate surface area is 120 Å². The van der Waals surface area contributed by atoms with Gasteiger partial charge in [0, 0.05) is 18.0 Å². The predicted molar refractivity (Wildman–Crippen MR) is 77.3 cm³/mol. The minimum Gasteiger partial charge on any atom is -0.389 e. The summed E-state index contributed by atoms with van der Waals surface area (Å²) >= 11 is 4.68. The van der Waals surface area contributed by atoms with E-state index in [0.29, 0.717) is 5.69 Å². The zero-order chi connectivity index (χ0) is 14.8. The Bertz CT molecular complexity index is 749. The highest BCUT2D eigenvalue weighted by atomic mass is 32.2. The van der Waals surface area contributed by atoms with Gasteiger partial charge in [0.2, 0.25) is 0 Å². The topological polar surface area (TPSA) is 85.1 Å². The van der Waals surface area contributed by atoms with Crippen molar-refractivity contribution in [1.29, 1.82) is 0 Å². The molecule has 3 N–H and O–H groups in total. The van der Waals surface area contributed by atoms with Gasteiger partial charge < -0.3 is 5.73 Å². The second-order valence-corrected chi connectivity index (χ2v) is 5.97. The molecule has 2 aromatic rings. The lowest BCUT2D eigenvalue weighted by molar-refractivity contribution is 0.599. The summed E-state index contributed by atoms with van der Waals surface area (Å²) in [5, 5.41) is 0. The number of nitrogens with two attached hydrogens (primary N) is 1. The van der Waals surface area contributed by atoms with Crippen LogP contribution < -0.4 is 10.5 Å². The van der Waals surface area contributed by atoms with Crippen LogP contribution in [0.3, 0.4) is 0 Å². The number of anilines is 1. The summed E-state index contributed by atoms with van der Waals surface area (Å²) in [4.78, 5) is 3.45. The Balaban J connectivity index is 2.40. The van der Waals surface area contributed by atoms with Crippen molar-refractivity contribution in [2.24, 2.45) is 5.73 Å². The summed E-state index contributed by atoms with van der Waals surface area (Å²) in [7, 11) is -3.85. The normalized spacial score (nSPS) is 11.1. The Morgan fingerprint density at radius 3 is 2.50 bits per heavy atom. The average Bonchev–Trinajstić information content (AvgIpc) is 2.39. The molecule has 0 aliphatic heterocycles. The van der Waals surface area contributed by atoms with Crippen LogP contribution in [0.4, 0.5) is 10.1 Å². The number of rotatable bonds is 4. The summed E-state index contributed by atoms with van der Waals surface area (Å²) < 4.78 is 40.1. The molecule has 0 aliphatic carbocycles. The molecule has 104 valence electrons. The molecule has 0 fully saturated rings. The Hall–Kier alpha value is -2.06. The summed E-state index contributed by atoms with van der Waals surface area (Å²) in [5.74, 6) is -0.666. The second-order valence-electron chi connectivity index (χ2n) is 3.85. The van der Waals surface area contributed by atoms with Crippen LogP contribution in [0.5, 0.6) is 0 Å². The first-order valence-electron chi connectivity index (χ1n) is 5.42. The lowest BCUT2D eigenvalue weighted by Gasteiger charge is -2.09. The smallest absolute Gasteiger partial charge is 0.261 e. The van der Waals surface area contributed by atoms with Gasteiger partial charge in [0.25, 0.3) is 10.0 Å². The quantitative estimate of drug-likeness (QED) is 0.839. The van der Waals surface area contributed by atoms with Gasteiger partial charge in [-0.1, -0.05) is 12.2 Å². The van der Waals surface area contributed by atoms with Crippen molar-refractivity contribution in [2.45, 2.75) is 4.90 Å². The average molecular weight is 311 g/mol. The van der Waals surface area contributed by atoms with E-state index in [4.69, 9.17) is 5.73 Å². The van der Waals surface area contributed by atoms with E-state index in [-0.39, 0.29) is 15.4 Å². The van der Waals surface area contributed by atoms with E-state index >= 15 is 0 Å². The third-order valence-corrected chi connectivity index (χ3v) is 4.05. The fourth-order valence-corrected chi connectivity index (χ4v) is 2.74. The monoisotopic (exact) mass is 311 g/mol. The van der Waals surface area contributed by atoms with E-state index in [9.17, 15) is 12.8 Å². The second kappa shape index (κ2) is 5.51. The number of thiocarbonyl (C=S) groups is 1. The van der Waals surface area contributed by atoms with Crippen LogP contribution in [0.1, 0.15) is 5.56 Å². The van der Waals surface area contributed by atoms with Gasteiger partial charge in [-0.25, -0.2) is 12.8 Å². The van der Waals surface area contributed by atoms with Gasteiger partial charge in [-0.15, -0.1) is 0 Å². The molecule has 1 aromatic heterocycles. The summed E-state index contributed by atoms with van der Waals surface area (Å²) in [5.41, 5.74) is 5.58. The molecule has 0 saturated carbocycles. The molecule has 0 aliphatic rings. The van der Waals surface area contributed by atoms with Crippen molar-refractivity contribution in [3.8, 4) is 0 Å². The highest BCUT2D eigenvalue weighted by Gasteiger charge is 2.17. The van der Waals surface area contributed by atoms with Crippen LogP contribution >= 0.6 is 12.2 Å². The van der Waals surface area contributed by atoms with Gasteiger partial charge in [0.05, 0.1) is 10.6 Å². The van der Waals surface area contributed by atoms with E-state index in [2.05, 4.69) is 21.9 Å². The van der Waals surface area contributed by atoms with Gasteiger partial charge in [-0.2, -0.15) is 0 Å². The highest BCUT2D eigenvalue weighted by Crippen LogP contribution is 2.18. The number of hydrogen-bond acceptors (Lipinski definition) is 4. The maximum Gasteiger partial charge on any atom is 0.261 e. The van der Waals surface area contributed by atoms with Crippen LogP contribution in [-0.2, 0) is 10.0 Å². The van der Waals surface area contributed by atoms with Crippen LogP contribution in [0.25, 0.3) is 0 Å². The molecule has 0 saturated heterocycles. The lowest BCUT2D eigenvalue weighted by atomic mass is 10.2. The summed E-state index contributed by atoms with van der Waals surface area (Å²) in [6.07, 6.45) is 2.89. The number of pyridine rings is 1. The van der Waals surface area contributed by atoms with E-state index < -0.39 is 15.8 Å². The van der Waals surface area contributed by atoms with Gasteiger partial charge >= 0.3 is 0 Å². The number of sulfonamides is 1. The van der Waals surface area contributed by atoms with Gasteiger partial charge in [0.1, 0.15) is 10.8 Å². The van der Waals surface area contributed by atoms with E-state index in [1.54, 1.807) is 0 Å². The largest absolute Gasteiger partial charge is 0.389 e. The summed E-state index contributed by atoms with van der Waals surface area (Å²) in [6.45, 7) is 0. The number of nitrogens with one attached hydrogen (secondary N) is 1. The van der Waals surface area contributed by atoms with Gasteiger partial charge in [-0.3, -0.25) is 9.71 Å². The van der Waals surface area contributed by atoms with E-state index in [1.807, 2.05) is 0 Å². The van der Waals surface area contributed by atoms with E-state index in [1.165, 1.54) is 24.5 Å². The Kier molecular flexibility index (Phi) is 3.96. The zero-order valence-corrected chi connectivity index (χ0v) is 11.7. The van der Waals surface area contributed by atoms with Crippen LogP contribution in [0.2, 0.25) is 0 Å². The predicted octanol–water partition coefficient (Wildman–Crippen LogP) is 1.66. The van der Waals surface area contributed by atoms with Crippen LogP contribution in [0, 0.1) is 5.82 Å². The molecule has 0 atom stereocenters. The SMILES string of the molecule is NC(=S)c1cc(S(=O)(=O)Nc2ccncc2)ccc1F. The lowest BCUT2D eigenvalue weighted by Crippen LogP contribution is -2.16. The first-order valence-corrected chi connectivity index (χ1v) is 7.31. The maximum absolute atomic E-state index is 13.4. The molecule has 0 bridgehead atoms. The van der Waals surface area contributed by atoms with Crippen molar-refractivity contribution in [2.75, 3.05) is 4.72 Å². The van der Waals surface area contributed by atoms with Gasteiger partial charge in [-0.05, 0) is 30.3 Å².